The van der Waals surface area contributed by atoms with Crippen LogP contribution in [0.3, 0.4) is 0 Å². The van der Waals surface area contributed by atoms with Crippen molar-refractivity contribution in [2.24, 2.45) is 0 Å². The molecule has 2 heterocycles. The van der Waals surface area contributed by atoms with Crippen LogP contribution >= 0.6 is 0 Å². The Labute approximate surface area is 214 Å². The summed E-state index contributed by atoms with van der Waals surface area (Å²) in [6.07, 6.45) is 0. The number of aryl methyl sites for hydroxylation is 1. The van der Waals surface area contributed by atoms with Gasteiger partial charge in [0.05, 0.1) is 12.6 Å². The molecule has 184 valence electrons. The summed E-state index contributed by atoms with van der Waals surface area (Å²) < 4.78 is 19.8. The van der Waals surface area contributed by atoms with E-state index in [-0.39, 0.29) is 12.4 Å². The molecule has 0 radical (unpaired) electrons. The summed E-state index contributed by atoms with van der Waals surface area (Å²) in [6.45, 7) is 2.78. The largest absolute Gasteiger partial charge is 0.507 e. The molecule has 0 saturated heterocycles. The number of rotatable bonds is 7. The first kappa shape index (κ1) is 22.7. The molecule has 0 atom stereocenters. The van der Waals surface area contributed by atoms with Gasteiger partial charge in [-0.3, -0.25) is 0 Å². The zero-order valence-electron chi connectivity index (χ0n) is 20.6. The Morgan fingerprint density at radius 1 is 0.865 bits per heavy atom. The van der Waals surface area contributed by atoms with Crippen LogP contribution in [0.15, 0.2) is 95.4 Å². The molecule has 6 aromatic rings. The maximum Gasteiger partial charge on any atom is 0.226 e. The van der Waals surface area contributed by atoms with Gasteiger partial charge in [0.15, 0.2) is 11.5 Å². The van der Waals surface area contributed by atoms with E-state index in [1.807, 2.05) is 85.8 Å². The third kappa shape index (κ3) is 4.16. The predicted octanol–water partition coefficient (Wildman–Crippen LogP) is 7.10. The maximum absolute atomic E-state index is 10.5. The number of aromatic nitrogens is 2. The average molecular weight is 491 g/mol. The lowest BCUT2D eigenvalue weighted by Gasteiger charge is -2.13. The highest BCUT2D eigenvalue weighted by Crippen LogP contribution is 2.36. The van der Waals surface area contributed by atoms with Crippen molar-refractivity contribution in [3.8, 4) is 28.7 Å². The van der Waals surface area contributed by atoms with Crippen LogP contribution < -0.4 is 9.47 Å². The third-order valence-electron chi connectivity index (χ3n) is 6.62. The Morgan fingerprint density at radius 3 is 2.49 bits per heavy atom. The van der Waals surface area contributed by atoms with Gasteiger partial charge in [-0.25, -0.2) is 4.98 Å². The van der Waals surface area contributed by atoms with Crippen molar-refractivity contribution >= 4 is 21.8 Å². The molecule has 6 heteroatoms. The molecule has 2 aromatic heterocycles. The summed E-state index contributed by atoms with van der Waals surface area (Å²) in [4.78, 5) is 4.63. The first-order chi connectivity index (χ1) is 18.1. The van der Waals surface area contributed by atoms with E-state index in [0.29, 0.717) is 23.9 Å². The summed E-state index contributed by atoms with van der Waals surface area (Å²) in [7, 11) is 1.64. The number of aromatic hydroxyl groups is 1. The number of benzene rings is 4. The second-order valence-electron chi connectivity index (χ2n) is 8.94. The number of fused-ring (bicyclic) bond motifs is 3. The number of phenolic OH excluding ortho intramolecular Hbond substituents is 1. The van der Waals surface area contributed by atoms with Gasteiger partial charge in [0.25, 0.3) is 0 Å². The Morgan fingerprint density at radius 2 is 1.65 bits per heavy atom. The number of phenols is 1. The minimum Gasteiger partial charge on any atom is -0.507 e. The SMILES string of the molecule is COc1cc(Cn2c3ccccc3c3c(O)cccc32)ccc1OCc1nc(-c2ccccc2)oc1C. The van der Waals surface area contributed by atoms with Crippen LogP contribution in [0.5, 0.6) is 17.2 Å². The lowest BCUT2D eigenvalue weighted by atomic mass is 10.1. The van der Waals surface area contributed by atoms with E-state index in [1.54, 1.807) is 13.2 Å². The highest BCUT2D eigenvalue weighted by Gasteiger charge is 2.16. The van der Waals surface area contributed by atoms with Gasteiger partial charge in [0.1, 0.15) is 23.8 Å². The fourth-order valence-electron chi connectivity index (χ4n) is 4.77. The zero-order chi connectivity index (χ0) is 25.4. The number of para-hydroxylation sites is 1. The molecule has 0 aliphatic rings. The first-order valence-electron chi connectivity index (χ1n) is 12.1. The van der Waals surface area contributed by atoms with Crippen LogP contribution in [0, 0.1) is 6.92 Å². The average Bonchev–Trinajstić information content (AvgIpc) is 3.46. The van der Waals surface area contributed by atoms with Gasteiger partial charge < -0.3 is 23.6 Å². The van der Waals surface area contributed by atoms with Gasteiger partial charge in [0.2, 0.25) is 5.89 Å². The lowest BCUT2D eigenvalue weighted by Crippen LogP contribution is -2.02. The maximum atomic E-state index is 10.5. The molecule has 0 spiro atoms. The van der Waals surface area contributed by atoms with Crippen molar-refractivity contribution in [1.82, 2.24) is 9.55 Å². The Kier molecular flexibility index (Phi) is 5.77. The number of hydrogen-bond acceptors (Lipinski definition) is 5. The molecule has 0 aliphatic heterocycles. The molecule has 6 nitrogen and oxygen atoms in total. The van der Waals surface area contributed by atoms with E-state index in [4.69, 9.17) is 13.9 Å². The van der Waals surface area contributed by atoms with Gasteiger partial charge in [-0.15, -0.1) is 0 Å². The second kappa shape index (κ2) is 9.39. The van der Waals surface area contributed by atoms with E-state index in [2.05, 4.69) is 15.6 Å². The quantitative estimate of drug-likeness (QED) is 0.258. The van der Waals surface area contributed by atoms with Crippen LogP contribution in [-0.2, 0) is 13.2 Å². The van der Waals surface area contributed by atoms with E-state index in [1.165, 1.54) is 0 Å². The molecule has 4 aromatic carbocycles. The van der Waals surface area contributed by atoms with E-state index >= 15 is 0 Å². The minimum atomic E-state index is 0.268. The van der Waals surface area contributed by atoms with Gasteiger partial charge in [-0.05, 0) is 55.0 Å². The van der Waals surface area contributed by atoms with Gasteiger partial charge >= 0.3 is 0 Å². The summed E-state index contributed by atoms with van der Waals surface area (Å²) in [5, 5.41) is 12.4. The van der Waals surface area contributed by atoms with E-state index < -0.39 is 0 Å². The Bertz CT molecular complexity index is 1720. The van der Waals surface area contributed by atoms with Crippen LogP contribution in [0.1, 0.15) is 17.0 Å². The highest BCUT2D eigenvalue weighted by molar-refractivity contribution is 6.11. The Hall–Kier alpha value is -4.71. The van der Waals surface area contributed by atoms with Crippen LogP contribution in [0.25, 0.3) is 33.3 Å². The summed E-state index contributed by atoms with van der Waals surface area (Å²) in [6, 6.07) is 29.5. The first-order valence-corrected chi connectivity index (χ1v) is 12.1. The fourth-order valence-corrected chi connectivity index (χ4v) is 4.77. The van der Waals surface area contributed by atoms with Crippen molar-refractivity contribution in [3.05, 3.63) is 108 Å². The molecule has 0 aliphatic carbocycles. The lowest BCUT2D eigenvalue weighted by molar-refractivity contribution is 0.279. The summed E-state index contributed by atoms with van der Waals surface area (Å²) in [5.41, 5.74) is 4.77. The predicted molar refractivity (Wildman–Crippen MR) is 144 cm³/mol. The van der Waals surface area contributed by atoms with Crippen molar-refractivity contribution in [3.63, 3.8) is 0 Å². The molecular formula is C31H26N2O4. The topological polar surface area (TPSA) is 69.7 Å². The molecule has 0 amide bonds. The van der Waals surface area contributed by atoms with E-state index in [9.17, 15) is 5.11 Å². The van der Waals surface area contributed by atoms with Gasteiger partial charge in [0, 0.05) is 28.4 Å². The zero-order valence-corrected chi connectivity index (χ0v) is 20.6. The minimum absolute atomic E-state index is 0.268. The molecule has 1 N–H and O–H groups in total. The second-order valence-corrected chi connectivity index (χ2v) is 8.94. The molecule has 0 saturated carbocycles. The number of methoxy groups -OCH3 is 1. The van der Waals surface area contributed by atoms with Gasteiger partial charge in [-0.2, -0.15) is 0 Å². The molecule has 37 heavy (non-hydrogen) atoms. The molecule has 6 rings (SSSR count). The van der Waals surface area contributed by atoms with E-state index in [0.717, 1.165) is 44.4 Å². The number of hydrogen-bond donors (Lipinski definition) is 1. The fraction of sp³-hybridized carbons (Fsp3) is 0.129. The summed E-state index contributed by atoms with van der Waals surface area (Å²) >= 11 is 0. The Balaban J connectivity index is 1.27. The molecular weight excluding hydrogens is 464 g/mol. The highest BCUT2D eigenvalue weighted by atomic mass is 16.5. The summed E-state index contributed by atoms with van der Waals surface area (Å²) in [5.74, 6) is 2.87. The van der Waals surface area contributed by atoms with Crippen molar-refractivity contribution in [2.45, 2.75) is 20.1 Å². The van der Waals surface area contributed by atoms with Crippen molar-refractivity contribution in [1.29, 1.82) is 0 Å². The number of ether oxygens (including phenoxy) is 2. The molecule has 0 fully saturated rings. The molecule has 0 bridgehead atoms. The van der Waals surface area contributed by atoms with Crippen LogP contribution in [-0.4, -0.2) is 21.8 Å². The standard InChI is InChI=1S/C31H26N2O4/c1-20-24(32-31(37-20)22-9-4-3-5-10-22)19-36-28-16-15-21(17-29(28)35-2)18-33-25-12-7-6-11-23(25)30-26(33)13-8-14-27(30)34/h3-17,34H,18-19H2,1-2H3. The smallest absolute Gasteiger partial charge is 0.226 e. The van der Waals surface area contributed by atoms with Crippen LogP contribution in [0.4, 0.5) is 0 Å². The monoisotopic (exact) mass is 490 g/mol. The van der Waals surface area contributed by atoms with Gasteiger partial charge in [-0.1, -0.05) is 48.5 Å². The third-order valence-corrected chi connectivity index (χ3v) is 6.62. The number of nitrogens with zero attached hydrogens (tertiary/aromatic N) is 2. The van der Waals surface area contributed by atoms with Crippen LogP contribution in [0.2, 0.25) is 0 Å². The molecule has 0 unspecified atom stereocenters. The van der Waals surface area contributed by atoms with Crippen molar-refractivity contribution in [2.75, 3.05) is 7.11 Å². The van der Waals surface area contributed by atoms with Crippen molar-refractivity contribution < 1.29 is 19.0 Å². The normalized spacial score (nSPS) is 11.3. The number of oxazole rings is 1.